The molecule has 2 N–H and O–H groups in total. The lowest BCUT2D eigenvalue weighted by Crippen LogP contribution is -2.21. The lowest BCUT2D eigenvalue weighted by atomic mass is 9.96. The van der Waals surface area contributed by atoms with Crippen LogP contribution < -0.4 is 5.73 Å². The van der Waals surface area contributed by atoms with Crippen LogP contribution >= 0.6 is 0 Å². The van der Waals surface area contributed by atoms with Gasteiger partial charge in [0.25, 0.3) is 0 Å². The van der Waals surface area contributed by atoms with Gasteiger partial charge in [-0.25, -0.2) is 0 Å². The fourth-order valence-electron chi connectivity index (χ4n) is 2.92. The van der Waals surface area contributed by atoms with Crippen molar-refractivity contribution < 1.29 is 0 Å². The molecule has 2 aromatic rings. The van der Waals surface area contributed by atoms with Crippen LogP contribution in [0.3, 0.4) is 0 Å². The molecule has 1 unspecified atom stereocenters. The molecule has 0 radical (unpaired) electrons. The molecule has 0 amide bonds. The van der Waals surface area contributed by atoms with E-state index in [1.807, 2.05) is 0 Å². The molecule has 0 saturated heterocycles. The normalized spacial score (nSPS) is 20.0. The minimum Gasteiger partial charge on any atom is -0.344 e. The zero-order valence-electron chi connectivity index (χ0n) is 9.74. The molecule has 2 heterocycles. The van der Waals surface area contributed by atoms with Crippen molar-refractivity contribution >= 4 is 10.9 Å². The topological polar surface area (TPSA) is 30.9 Å². The average molecular weight is 214 g/mol. The third-order valence-corrected chi connectivity index (χ3v) is 3.83. The van der Waals surface area contributed by atoms with Gasteiger partial charge in [-0.3, -0.25) is 0 Å². The number of fused-ring (bicyclic) bond motifs is 3. The predicted molar refractivity (Wildman–Crippen MR) is 67.7 cm³/mol. The van der Waals surface area contributed by atoms with E-state index < -0.39 is 0 Å². The number of hydrogen-bond acceptors (Lipinski definition) is 1. The summed E-state index contributed by atoms with van der Waals surface area (Å²) >= 11 is 0. The summed E-state index contributed by atoms with van der Waals surface area (Å²) < 4.78 is 2.46. The molecule has 3 rings (SSSR count). The smallest absolute Gasteiger partial charge is 0.0485 e. The Bertz CT molecular complexity index is 525. The maximum absolute atomic E-state index is 5.86. The van der Waals surface area contributed by atoms with Gasteiger partial charge in [0.2, 0.25) is 0 Å². The van der Waals surface area contributed by atoms with Gasteiger partial charge in [0.05, 0.1) is 0 Å². The standard InChI is InChI=1S/C14H18N2/c1-10-4-2-6-13-12(10)8-14-11(9-15)5-3-7-16(13)14/h2,4,6,8,11H,3,5,7,9,15H2,1H3. The highest BCUT2D eigenvalue weighted by molar-refractivity contribution is 5.84. The minimum absolute atomic E-state index is 0.556. The number of rotatable bonds is 1. The first-order valence-corrected chi connectivity index (χ1v) is 6.10. The van der Waals surface area contributed by atoms with Crippen LogP contribution in [0.1, 0.15) is 30.0 Å². The molecular weight excluding hydrogens is 196 g/mol. The van der Waals surface area contributed by atoms with Crippen molar-refractivity contribution in [3.63, 3.8) is 0 Å². The highest BCUT2D eigenvalue weighted by Crippen LogP contribution is 2.33. The van der Waals surface area contributed by atoms with E-state index >= 15 is 0 Å². The molecule has 2 nitrogen and oxygen atoms in total. The van der Waals surface area contributed by atoms with Crippen molar-refractivity contribution in [1.29, 1.82) is 0 Å². The first kappa shape index (κ1) is 9.91. The molecule has 0 bridgehead atoms. The molecule has 1 aliphatic rings. The first-order chi connectivity index (χ1) is 7.81. The highest BCUT2D eigenvalue weighted by atomic mass is 15.0. The molecular formula is C14H18N2. The Morgan fingerprint density at radius 3 is 3.12 bits per heavy atom. The monoisotopic (exact) mass is 214 g/mol. The Morgan fingerprint density at radius 1 is 1.44 bits per heavy atom. The lowest BCUT2D eigenvalue weighted by Gasteiger charge is -2.24. The van der Waals surface area contributed by atoms with Crippen molar-refractivity contribution in [2.75, 3.05) is 6.54 Å². The summed E-state index contributed by atoms with van der Waals surface area (Å²) in [6.45, 7) is 4.11. The average Bonchev–Trinajstić information content (AvgIpc) is 2.69. The molecule has 84 valence electrons. The van der Waals surface area contributed by atoms with Gasteiger partial charge in [-0.2, -0.15) is 0 Å². The van der Waals surface area contributed by atoms with Crippen LogP contribution in [0.15, 0.2) is 24.3 Å². The molecule has 0 aliphatic carbocycles. The van der Waals surface area contributed by atoms with E-state index in [9.17, 15) is 0 Å². The zero-order chi connectivity index (χ0) is 11.1. The second-order valence-electron chi connectivity index (χ2n) is 4.80. The van der Waals surface area contributed by atoms with Gasteiger partial charge in [-0.1, -0.05) is 12.1 Å². The first-order valence-electron chi connectivity index (χ1n) is 6.10. The fraction of sp³-hybridized carbons (Fsp3) is 0.429. The van der Waals surface area contributed by atoms with Crippen LogP contribution in [-0.4, -0.2) is 11.1 Å². The van der Waals surface area contributed by atoms with E-state index in [4.69, 9.17) is 5.73 Å². The van der Waals surface area contributed by atoms with Gasteiger partial charge >= 0.3 is 0 Å². The maximum Gasteiger partial charge on any atom is 0.0485 e. The SMILES string of the molecule is Cc1cccc2c1cc1n2CCCC1CN. The third kappa shape index (κ3) is 1.30. The van der Waals surface area contributed by atoms with Gasteiger partial charge in [0, 0.05) is 35.6 Å². The Balaban J connectivity index is 2.28. The fourth-order valence-corrected chi connectivity index (χ4v) is 2.92. The second kappa shape index (κ2) is 3.63. The summed E-state index contributed by atoms with van der Waals surface area (Å²) in [6.07, 6.45) is 2.50. The largest absolute Gasteiger partial charge is 0.344 e. The molecule has 0 fully saturated rings. The van der Waals surface area contributed by atoms with Crippen LogP contribution in [0.5, 0.6) is 0 Å². The summed E-state index contributed by atoms with van der Waals surface area (Å²) in [6, 6.07) is 8.91. The molecule has 1 aliphatic heterocycles. The summed E-state index contributed by atoms with van der Waals surface area (Å²) in [5, 5.41) is 1.40. The number of aryl methyl sites for hydroxylation is 2. The van der Waals surface area contributed by atoms with Gasteiger partial charge in [0.15, 0.2) is 0 Å². The molecule has 1 atom stereocenters. The van der Waals surface area contributed by atoms with Crippen molar-refractivity contribution in [1.82, 2.24) is 4.57 Å². The molecule has 16 heavy (non-hydrogen) atoms. The molecule has 1 aromatic heterocycles. The zero-order valence-corrected chi connectivity index (χ0v) is 9.74. The van der Waals surface area contributed by atoms with Crippen molar-refractivity contribution in [2.45, 2.75) is 32.2 Å². The van der Waals surface area contributed by atoms with E-state index in [-0.39, 0.29) is 0 Å². The van der Waals surface area contributed by atoms with Crippen molar-refractivity contribution in [3.05, 3.63) is 35.5 Å². The van der Waals surface area contributed by atoms with Crippen molar-refractivity contribution in [3.8, 4) is 0 Å². The number of nitrogens with two attached hydrogens (primary N) is 1. The number of benzene rings is 1. The van der Waals surface area contributed by atoms with Crippen molar-refractivity contribution in [2.24, 2.45) is 5.73 Å². The lowest BCUT2D eigenvalue weighted by molar-refractivity contribution is 0.467. The predicted octanol–water partition coefficient (Wildman–Crippen LogP) is 2.79. The highest BCUT2D eigenvalue weighted by Gasteiger charge is 2.21. The quantitative estimate of drug-likeness (QED) is 0.777. The van der Waals surface area contributed by atoms with Gasteiger partial charge in [-0.05, 0) is 37.5 Å². The minimum atomic E-state index is 0.556. The van der Waals surface area contributed by atoms with E-state index in [0.29, 0.717) is 5.92 Å². The van der Waals surface area contributed by atoms with E-state index in [2.05, 4.69) is 35.8 Å². The third-order valence-electron chi connectivity index (χ3n) is 3.83. The van der Waals surface area contributed by atoms with Gasteiger partial charge in [-0.15, -0.1) is 0 Å². The number of aromatic nitrogens is 1. The van der Waals surface area contributed by atoms with E-state index in [1.54, 1.807) is 0 Å². The molecule has 2 heteroatoms. The maximum atomic E-state index is 5.86. The summed E-state index contributed by atoms with van der Waals surface area (Å²) in [4.78, 5) is 0. The molecule has 0 spiro atoms. The Hall–Kier alpha value is -1.28. The molecule has 1 aromatic carbocycles. The molecule has 0 saturated carbocycles. The number of hydrogen-bond donors (Lipinski definition) is 1. The Morgan fingerprint density at radius 2 is 2.31 bits per heavy atom. The van der Waals surface area contributed by atoms with E-state index in [1.165, 1.54) is 35.0 Å². The Kier molecular flexibility index (Phi) is 2.25. The summed E-state index contributed by atoms with van der Waals surface area (Å²) in [5.41, 5.74) is 10.1. The van der Waals surface area contributed by atoms with Crippen LogP contribution in [-0.2, 0) is 6.54 Å². The number of nitrogens with zero attached hydrogens (tertiary/aromatic N) is 1. The van der Waals surface area contributed by atoms with Crippen LogP contribution in [0.4, 0.5) is 0 Å². The summed E-state index contributed by atoms with van der Waals surface area (Å²) in [7, 11) is 0. The Labute approximate surface area is 96.1 Å². The van der Waals surface area contributed by atoms with Gasteiger partial charge in [0.1, 0.15) is 0 Å². The van der Waals surface area contributed by atoms with Gasteiger partial charge < -0.3 is 10.3 Å². The van der Waals surface area contributed by atoms with Crippen LogP contribution in [0, 0.1) is 6.92 Å². The van der Waals surface area contributed by atoms with E-state index in [0.717, 1.165) is 13.1 Å². The van der Waals surface area contributed by atoms with Crippen LogP contribution in [0.25, 0.3) is 10.9 Å². The summed E-state index contributed by atoms with van der Waals surface area (Å²) in [5.74, 6) is 0.556. The second-order valence-corrected chi connectivity index (χ2v) is 4.80. The van der Waals surface area contributed by atoms with Crippen LogP contribution in [0.2, 0.25) is 0 Å².